The van der Waals surface area contributed by atoms with E-state index in [1.165, 1.54) is 19.3 Å². The first kappa shape index (κ1) is 17.3. The summed E-state index contributed by atoms with van der Waals surface area (Å²) >= 11 is 0. The van der Waals surface area contributed by atoms with Crippen molar-refractivity contribution in [2.75, 3.05) is 6.61 Å². The van der Waals surface area contributed by atoms with Gasteiger partial charge in [-0.15, -0.1) is 0 Å². The van der Waals surface area contributed by atoms with Crippen molar-refractivity contribution in [1.82, 2.24) is 9.97 Å². The third-order valence-electron chi connectivity index (χ3n) is 6.84. The average Bonchev–Trinajstić information content (AvgIpc) is 3.09. The van der Waals surface area contributed by atoms with Crippen molar-refractivity contribution in [3.05, 3.63) is 35.8 Å². The zero-order valence-electron chi connectivity index (χ0n) is 15.6. The molecule has 6 nitrogen and oxygen atoms in total. The maximum atomic E-state index is 12.9. The van der Waals surface area contributed by atoms with E-state index in [0.29, 0.717) is 23.3 Å². The average molecular weight is 377 g/mol. The molecule has 0 amide bonds. The summed E-state index contributed by atoms with van der Waals surface area (Å²) in [6.07, 6.45) is 6.50. The number of nitrogens with one attached hydrogen (secondary N) is 1. The van der Waals surface area contributed by atoms with Crippen LogP contribution >= 0.6 is 0 Å². The number of aliphatic hydroxyl groups is 1. The van der Waals surface area contributed by atoms with Crippen LogP contribution in [-0.4, -0.2) is 27.7 Å². The molecule has 0 unspecified atom stereocenters. The highest BCUT2D eigenvalue weighted by atomic mass is 16.5. The van der Waals surface area contributed by atoms with Gasteiger partial charge in [-0.3, -0.25) is 4.79 Å². The van der Waals surface area contributed by atoms with Crippen LogP contribution in [0.5, 0.6) is 0 Å². The number of H-pyrrole nitrogens is 1. The van der Waals surface area contributed by atoms with E-state index in [4.69, 9.17) is 4.74 Å². The van der Waals surface area contributed by atoms with Gasteiger partial charge in [0.1, 0.15) is 18.2 Å². The predicted molar refractivity (Wildman–Crippen MR) is 103 cm³/mol. The predicted octanol–water partition coefficient (Wildman–Crippen LogP) is 4.12. The lowest BCUT2D eigenvalue weighted by Crippen LogP contribution is -2.50. The number of nitriles is 1. The molecule has 4 saturated carbocycles. The Kier molecular flexibility index (Phi) is 3.94. The largest absolute Gasteiger partial charge is 0.507 e. The highest BCUT2D eigenvalue weighted by Gasteiger charge is 2.55. The van der Waals surface area contributed by atoms with Crippen LogP contribution in [0.15, 0.2) is 30.0 Å². The normalized spacial score (nSPS) is 31.5. The van der Waals surface area contributed by atoms with E-state index in [9.17, 15) is 15.2 Å². The number of para-hydroxylation sites is 2. The summed E-state index contributed by atoms with van der Waals surface area (Å²) in [4.78, 5) is 20.3. The fourth-order valence-electron chi connectivity index (χ4n) is 6.05. The zero-order chi connectivity index (χ0) is 19.3. The maximum Gasteiger partial charge on any atom is 0.312 e. The number of aromatic nitrogens is 2. The van der Waals surface area contributed by atoms with Crippen molar-refractivity contribution in [3.8, 4) is 6.07 Å². The molecule has 0 saturated heterocycles. The molecule has 2 N–H and O–H groups in total. The molecular weight excluding hydrogens is 354 g/mol. The molecule has 4 fully saturated rings. The summed E-state index contributed by atoms with van der Waals surface area (Å²) in [6, 6.07) is 9.39. The van der Waals surface area contributed by atoms with Gasteiger partial charge < -0.3 is 14.8 Å². The molecule has 4 aliphatic carbocycles. The maximum absolute atomic E-state index is 12.9. The molecule has 1 aromatic heterocycles. The third-order valence-corrected chi connectivity index (χ3v) is 6.84. The standard InChI is InChI=1S/C22H23N3O3/c23-11-16(20-24-17-3-1-2-4-18(17)25-20)19(26)12-28-21(27)22-8-13-5-14(9-22)7-15(6-13)10-22/h1-4,13-15,26H,5-10,12H2,(H,24,25)/b19-16-. The second-order valence-electron chi connectivity index (χ2n) is 8.81. The van der Waals surface area contributed by atoms with Crippen LogP contribution in [0.25, 0.3) is 16.6 Å². The monoisotopic (exact) mass is 377 g/mol. The number of ether oxygens (including phenoxy) is 1. The Hall–Kier alpha value is -2.81. The summed E-state index contributed by atoms with van der Waals surface area (Å²) < 4.78 is 5.53. The number of hydrogen-bond donors (Lipinski definition) is 2. The Morgan fingerprint density at radius 1 is 1.21 bits per heavy atom. The minimum absolute atomic E-state index is 0.00881. The molecule has 0 spiro atoms. The van der Waals surface area contributed by atoms with Crippen LogP contribution in [0.3, 0.4) is 0 Å². The smallest absolute Gasteiger partial charge is 0.312 e. The summed E-state index contributed by atoms with van der Waals surface area (Å²) in [5.74, 6) is 1.75. The van der Waals surface area contributed by atoms with E-state index in [1.807, 2.05) is 30.3 Å². The fourth-order valence-corrected chi connectivity index (χ4v) is 6.05. The fraction of sp³-hybridized carbons (Fsp3) is 0.500. The van der Waals surface area contributed by atoms with E-state index in [0.717, 1.165) is 24.8 Å². The molecule has 4 bridgehead atoms. The van der Waals surface area contributed by atoms with Crippen molar-refractivity contribution in [2.24, 2.45) is 23.2 Å². The zero-order valence-corrected chi connectivity index (χ0v) is 15.6. The summed E-state index contributed by atoms with van der Waals surface area (Å²) in [5, 5.41) is 19.9. The van der Waals surface area contributed by atoms with E-state index < -0.39 is 0 Å². The molecule has 144 valence electrons. The molecule has 0 radical (unpaired) electrons. The third kappa shape index (κ3) is 2.77. The minimum atomic E-state index is -0.374. The second kappa shape index (κ2) is 6.37. The molecule has 2 aromatic rings. The molecular formula is C22H23N3O3. The molecule has 4 aliphatic rings. The highest BCUT2D eigenvalue weighted by Crippen LogP contribution is 2.60. The number of allylic oxidation sites excluding steroid dienone is 1. The first-order valence-electron chi connectivity index (χ1n) is 10.0. The number of carbonyl (C=O) groups excluding carboxylic acids is 1. The van der Waals surface area contributed by atoms with Crippen molar-refractivity contribution in [2.45, 2.75) is 38.5 Å². The van der Waals surface area contributed by atoms with Gasteiger partial charge in [0.25, 0.3) is 0 Å². The Labute approximate surface area is 163 Å². The number of nitrogens with zero attached hydrogens (tertiary/aromatic N) is 2. The van der Waals surface area contributed by atoms with Gasteiger partial charge in [0.15, 0.2) is 11.6 Å². The SMILES string of the molecule is N#C/C(=C(/O)COC(=O)C12CC3CC(CC(C3)C1)C2)c1nc2ccccc2[nH]1. The quantitative estimate of drug-likeness (QED) is 0.474. The number of hydrogen-bond acceptors (Lipinski definition) is 5. The molecule has 1 aromatic carbocycles. The van der Waals surface area contributed by atoms with Crippen LogP contribution in [0.2, 0.25) is 0 Å². The van der Waals surface area contributed by atoms with E-state index in [2.05, 4.69) is 9.97 Å². The van der Waals surface area contributed by atoms with Crippen molar-refractivity contribution < 1.29 is 14.6 Å². The van der Waals surface area contributed by atoms with Gasteiger partial charge in [0.05, 0.1) is 16.4 Å². The lowest BCUT2D eigenvalue weighted by atomic mass is 9.49. The van der Waals surface area contributed by atoms with E-state index in [-0.39, 0.29) is 35.1 Å². The van der Waals surface area contributed by atoms with E-state index >= 15 is 0 Å². The van der Waals surface area contributed by atoms with Gasteiger partial charge in [-0.25, -0.2) is 4.98 Å². The Bertz CT molecular complexity index is 945. The van der Waals surface area contributed by atoms with Crippen LogP contribution in [0, 0.1) is 34.5 Å². The number of esters is 1. The Morgan fingerprint density at radius 3 is 2.46 bits per heavy atom. The van der Waals surface area contributed by atoms with Crippen LogP contribution in [0.1, 0.15) is 44.3 Å². The number of carbonyl (C=O) groups is 1. The van der Waals surface area contributed by atoms with Crippen LogP contribution in [-0.2, 0) is 9.53 Å². The van der Waals surface area contributed by atoms with Crippen LogP contribution in [0.4, 0.5) is 0 Å². The number of aromatic amines is 1. The van der Waals surface area contributed by atoms with Crippen LogP contribution < -0.4 is 0 Å². The number of benzene rings is 1. The Balaban J connectivity index is 1.33. The van der Waals surface area contributed by atoms with Gasteiger partial charge in [-0.2, -0.15) is 5.26 Å². The molecule has 6 rings (SSSR count). The molecule has 0 atom stereocenters. The first-order valence-corrected chi connectivity index (χ1v) is 10.0. The lowest BCUT2D eigenvalue weighted by molar-refractivity contribution is -0.171. The minimum Gasteiger partial charge on any atom is -0.507 e. The van der Waals surface area contributed by atoms with Crippen molar-refractivity contribution >= 4 is 22.6 Å². The second-order valence-corrected chi connectivity index (χ2v) is 8.81. The molecule has 28 heavy (non-hydrogen) atoms. The summed E-state index contributed by atoms with van der Waals surface area (Å²) in [6.45, 7) is -0.291. The number of aliphatic hydroxyl groups excluding tert-OH is 1. The Morgan fingerprint density at radius 2 is 1.86 bits per heavy atom. The molecule has 0 aliphatic heterocycles. The first-order chi connectivity index (χ1) is 13.6. The van der Waals surface area contributed by atoms with Gasteiger partial charge in [0, 0.05) is 0 Å². The van der Waals surface area contributed by atoms with E-state index in [1.54, 1.807) is 0 Å². The summed E-state index contributed by atoms with van der Waals surface area (Å²) in [7, 11) is 0. The molecule has 1 heterocycles. The van der Waals surface area contributed by atoms with Gasteiger partial charge in [-0.05, 0) is 68.4 Å². The number of fused-ring (bicyclic) bond motifs is 1. The number of rotatable bonds is 4. The van der Waals surface area contributed by atoms with Gasteiger partial charge in [0.2, 0.25) is 0 Å². The molecule has 6 heteroatoms. The highest BCUT2D eigenvalue weighted by molar-refractivity contribution is 5.83. The number of imidazole rings is 1. The van der Waals surface area contributed by atoms with Crippen molar-refractivity contribution in [3.63, 3.8) is 0 Å². The van der Waals surface area contributed by atoms with Gasteiger partial charge >= 0.3 is 5.97 Å². The van der Waals surface area contributed by atoms with Crippen molar-refractivity contribution in [1.29, 1.82) is 5.26 Å². The van der Waals surface area contributed by atoms with Gasteiger partial charge in [-0.1, -0.05) is 12.1 Å². The topological polar surface area (TPSA) is 99.0 Å². The lowest BCUT2D eigenvalue weighted by Gasteiger charge is -2.55. The summed E-state index contributed by atoms with van der Waals surface area (Å²) in [5.41, 5.74) is 1.13.